The maximum atomic E-state index is 10.8. The number of nitrogens with zero attached hydrogens (tertiary/aromatic N) is 2. The molecule has 0 bridgehead atoms. The molecule has 0 fully saturated rings. The van der Waals surface area contributed by atoms with E-state index in [0.717, 1.165) is 5.71 Å². The lowest BCUT2D eigenvalue weighted by Crippen LogP contribution is -1.99. The third-order valence-electron chi connectivity index (χ3n) is 1.52. The Morgan fingerprint density at radius 3 is 2.71 bits per heavy atom. The summed E-state index contributed by atoms with van der Waals surface area (Å²) in [5, 5.41) is 0.577. The summed E-state index contributed by atoms with van der Waals surface area (Å²) in [6, 6.07) is 3.43. The minimum atomic E-state index is 0.0974. The van der Waals surface area contributed by atoms with Crippen LogP contribution < -0.4 is 0 Å². The number of Topliss-reactive ketones (excluding diaryl/α,β-unsaturated/α-hetero) is 1. The number of aliphatic imine (C=N–C) groups is 1. The summed E-state index contributed by atoms with van der Waals surface area (Å²) in [5.41, 5.74) is 0.757. The standard InChI is InChI=1S/C10H11ClN2O/c1-7(5-8(2)14)13-10-4-3-9(11)6-12-10/h3-4,6H,5H2,1-2H3. The fourth-order valence-corrected chi connectivity index (χ4v) is 1.14. The monoisotopic (exact) mass is 210 g/mol. The molecule has 74 valence electrons. The number of ketones is 1. The van der Waals surface area contributed by atoms with Crippen LogP contribution in [0, 0.1) is 0 Å². The highest BCUT2D eigenvalue weighted by molar-refractivity contribution is 6.30. The Hall–Kier alpha value is -1.22. The van der Waals surface area contributed by atoms with Crippen molar-refractivity contribution < 1.29 is 4.79 Å². The van der Waals surface area contributed by atoms with Crippen LogP contribution in [-0.4, -0.2) is 16.5 Å². The van der Waals surface area contributed by atoms with Crippen molar-refractivity contribution in [3.05, 3.63) is 23.4 Å². The topological polar surface area (TPSA) is 42.3 Å². The van der Waals surface area contributed by atoms with Crippen LogP contribution in [0.25, 0.3) is 0 Å². The van der Waals surface area contributed by atoms with E-state index in [-0.39, 0.29) is 5.78 Å². The van der Waals surface area contributed by atoms with Crippen LogP contribution in [0.2, 0.25) is 5.02 Å². The van der Waals surface area contributed by atoms with Crippen molar-refractivity contribution in [1.29, 1.82) is 0 Å². The van der Waals surface area contributed by atoms with Crippen molar-refractivity contribution >= 4 is 28.9 Å². The van der Waals surface area contributed by atoms with Crippen LogP contribution in [-0.2, 0) is 4.79 Å². The second-order valence-electron chi connectivity index (χ2n) is 3.06. The summed E-state index contributed by atoms with van der Waals surface area (Å²) in [6.07, 6.45) is 1.89. The molecule has 3 nitrogen and oxygen atoms in total. The SMILES string of the molecule is CC(=O)CC(C)=Nc1ccc(Cl)cn1. The van der Waals surface area contributed by atoms with E-state index in [4.69, 9.17) is 11.6 Å². The van der Waals surface area contributed by atoms with Gasteiger partial charge >= 0.3 is 0 Å². The Bertz CT molecular complexity index is 357. The molecule has 0 amide bonds. The van der Waals surface area contributed by atoms with Gasteiger partial charge in [0.05, 0.1) is 5.02 Å². The second kappa shape index (κ2) is 4.86. The normalized spacial score (nSPS) is 11.5. The third-order valence-corrected chi connectivity index (χ3v) is 1.75. The largest absolute Gasteiger partial charge is 0.300 e. The van der Waals surface area contributed by atoms with E-state index in [1.165, 1.54) is 13.1 Å². The van der Waals surface area contributed by atoms with Crippen molar-refractivity contribution in [3.8, 4) is 0 Å². The number of hydrogen-bond donors (Lipinski definition) is 0. The molecule has 0 radical (unpaired) electrons. The number of rotatable bonds is 3. The number of carbonyl (C=O) groups excluding carboxylic acids is 1. The summed E-state index contributed by atoms with van der Waals surface area (Å²) < 4.78 is 0. The minimum Gasteiger partial charge on any atom is -0.300 e. The van der Waals surface area contributed by atoms with E-state index < -0.39 is 0 Å². The van der Waals surface area contributed by atoms with E-state index in [2.05, 4.69) is 9.98 Å². The lowest BCUT2D eigenvalue weighted by molar-refractivity contribution is -0.115. The first-order valence-electron chi connectivity index (χ1n) is 4.23. The molecule has 0 aliphatic heterocycles. The predicted molar refractivity (Wildman–Crippen MR) is 57.3 cm³/mol. The maximum Gasteiger partial charge on any atom is 0.151 e. The van der Waals surface area contributed by atoms with Crippen LogP contribution in [0.1, 0.15) is 20.3 Å². The van der Waals surface area contributed by atoms with Gasteiger partial charge in [0.15, 0.2) is 5.82 Å². The Kier molecular flexibility index (Phi) is 3.77. The van der Waals surface area contributed by atoms with Crippen molar-refractivity contribution in [1.82, 2.24) is 4.98 Å². The predicted octanol–water partition coefficient (Wildman–Crippen LogP) is 2.81. The zero-order chi connectivity index (χ0) is 10.6. The quantitative estimate of drug-likeness (QED) is 0.720. The molecule has 14 heavy (non-hydrogen) atoms. The fraction of sp³-hybridized carbons (Fsp3) is 0.300. The first kappa shape index (κ1) is 10.9. The minimum absolute atomic E-state index is 0.0974. The van der Waals surface area contributed by atoms with Gasteiger partial charge < -0.3 is 0 Å². The van der Waals surface area contributed by atoms with Gasteiger partial charge in [-0.2, -0.15) is 0 Å². The van der Waals surface area contributed by atoms with Crippen LogP contribution in [0.4, 0.5) is 5.82 Å². The molecule has 0 aliphatic carbocycles. The number of carbonyl (C=O) groups is 1. The first-order valence-corrected chi connectivity index (χ1v) is 4.61. The van der Waals surface area contributed by atoms with Gasteiger partial charge in [-0.3, -0.25) is 4.79 Å². The average molecular weight is 211 g/mol. The van der Waals surface area contributed by atoms with Crippen molar-refractivity contribution in [2.45, 2.75) is 20.3 Å². The van der Waals surface area contributed by atoms with Crippen molar-refractivity contribution in [2.75, 3.05) is 0 Å². The van der Waals surface area contributed by atoms with Gasteiger partial charge in [-0.05, 0) is 26.0 Å². The number of hydrogen-bond acceptors (Lipinski definition) is 3. The zero-order valence-electron chi connectivity index (χ0n) is 8.12. The number of aromatic nitrogens is 1. The van der Waals surface area contributed by atoms with Crippen LogP contribution >= 0.6 is 11.6 Å². The third kappa shape index (κ3) is 3.66. The Labute approximate surface area is 87.8 Å². The molecule has 1 aromatic heterocycles. The van der Waals surface area contributed by atoms with Gasteiger partial charge in [0.25, 0.3) is 0 Å². The van der Waals surface area contributed by atoms with Crippen LogP contribution in [0.3, 0.4) is 0 Å². The molecule has 0 spiro atoms. The summed E-state index contributed by atoms with van der Waals surface area (Å²) in [7, 11) is 0. The molecule has 0 aromatic carbocycles. The highest BCUT2D eigenvalue weighted by Gasteiger charge is 1.98. The smallest absolute Gasteiger partial charge is 0.151 e. The van der Waals surface area contributed by atoms with Crippen molar-refractivity contribution in [2.24, 2.45) is 4.99 Å². The number of pyridine rings is 1. The molecule has 0 atom stereocenters. The molecular formula is C10H11ClN2O. The molecular weight excluding hydrogens is 200 g/mol. The highest BCUT2D eigenvalue weighted by Crippen LogP contribution is 2.12. The summed E-state index contributed by atoms with van der Waals surface area (Å²) >= 11 is 5.67. The van der Waals surface area contributed by atoms with Gasteiger partial charge in [0.1, 0.15) is 5.78 Å². The molecule has 0 saturated heterocycles. The molecule has 1 heterocycles. The molecule has 1 aromatic rings. The second-order valence-corrected chi connectivity index (χ2v) is 3.50. The van der Waals surface area contributed by atoms with E-state index in [0.29, 0.717) is 17.3 Å². The van der Waals surface area contributed by atoms with Gasteiger partial charge in [0.2, 0.25) is 0 Å². The van der Waals surface area contributed by atoms with E-state index in [1.807, 2.05) is 0 Å². The lowest BCUT2D eigenvalue weighted by Gasteiger charge is -1.97. The summed E-state index contributed by atoms with van der Waals surface area (Å²) in [4.78, 5) is 18.9. The van der Waals surface area contributed by atoms with Crippen LogP contribution in [0.5, 0.6) is 0 Å². The zero-order valence-corrected chi connectivity index (χ0v) is 8.88. The molecule has 4 heteroatoms. The fourth-order valence-electron chi connectivity index (χ4n) is 1.03. The summed E-state index contributed by atoms with van der Waals surface area (Å²) in [6.45, 7) is 3.34. The van der Waals surface area contributed by atoms with E-state index >= 15 is 0 Å². The number of halogens is 1. The molecule has 0 unspecified atom stereocenters. The van der Waals surface area contributed by atoms with E-state index in [9.17, 15) is 4.79 Å². The molecule has 0 N–H and O–H groups in total. The first-order chi connectivity index (χ1) is 6.58. The van der Waals surface area contributed by atoms with Gasteiger partial charge in [-0.25, -0.2) is 9.98 Å². The van der Waals surface area contributed by atoms with Gasteiger partial charge in [-0.1, -0.05) is 11.6 Å². The molecule has 0 aliphatic rings. The van der Waals surface area contributed by atoms with Crippen LogP contribution in [0.15, 0.2) is 23.3 Å². The molecule has 0 saturated carbocycles. The lowest BCUT2D eigenvalue weighted by atomic mass is 10.2. The summed E-state index contributed by atoms with van der Waals surface area (Å²) in [5.74, 6) is 0.674. The Morgan fingerprint density at radius 2 is 2.21 bits per heavy atom. The van der Waals surface area contributed by atoms with E-state index in [1.54, 1.807) is 19.1 Å². The van der Waals surface area contributed by atoms with Gasteiger partial charge in [-0.15, -0.1) is 0 Å². The van der Waals surface area contributed by atoms with Crippen molar-refractivity contribution in [3.63, 3.8) is 0 Å². The molecule has 1 rings (SSSR count). The average Bonchev–Trinajstić information content (AvgIpc) is 2.07. The van der Waals surface area contributed by atoms with Gasteiger partial charge in [0, 0.05) is 18.3 Å². The Balaban J connectivity index is 2.76. The highest BCUT2D eigenvalue weighted by atomic mass is 35.5. The maximum absolute atomic E-state index is 10.8. The Morgan fingerprint density at radius 1 is 1.50 bits per heavy atom.